The normalized spacial score (nSPS) is 14.6. The van der Waals surface area contributed by atoms with E-state index in [2.05, 4.69) is 0 Å². The first kappa shape index (κ1) is 18.8. The van der Waals surface area contributed by atoms with Gasteiger partial charge in [-0.3, -0.25) is 9.59 Å². The Morgan fingerprint density at radius 3 is 2.32 bits per heavy atom. The van der Waals surface area contributed by atoms with E-state index in [4.69, 9.17) is 10.8 Å². The minimum atomic E-state index is -1.92. The molecule has 2 atom stereocenters. The van der Waals surface area contributed by atoms with Crippen molar-refractivity contribution >= 4 is 11.8 Å². The fraction of sp³-hybridized carbons (Fsp3) is 0.263. The molecule has 0 aromatic heterocycles. The van der Waals surface area contributed by atoms with Crippen LogP contribution in [0.5, 0.6) is 0 Å². The Kier molecular flexibility index (Phi) is 5.66. The Morgan fingerprint density at radius 2 is 1.80 bits per heavy atom. The summed E-state index contributed by atoms with van der Waals surface area (Å²) >= 11 is 0. The molecule has 2 aromatic carbocycles. The lowest BCUT2D eigenvalue weighted by Crippen LogP contribution is -2.49. The monoisotopic (exact) mass is 345 g/mol. The van der Waals surface area contributed by atoms with Gasteiger partial charge >= 0.3 is 5.97 Å². The van der Waals surface area contributed by atoms with Crippen LogP contribution in [0.2, 0.25) is 0 Å². The third-order valence-electron chi connectivity index (χ3n) is 4.24. The quantitative estimate of drug-likeness (QED) is 0.667. The highest BCUT2D eigenvalue weighted by Gasteiger charge is 2.43. The zero-order chi connectivity index (χ0) is 18.6. The summed E-state index contributed by atoms with van der Waals surface area (Å²) in [6.07, 6.45) is 0.144. The van der Waals surface area contributed by atoms with Crippen molar-refractivity contribution in [1.82, 2.24) is 0 Å². The van der Waals surface area contributed by atoms with E-state index in [0.29, 0.717) is 0 Å². The lowest BCUT2D eigenvalue weighted by Gasteiger charge is -2.24. The summed E-state index contributed by atoms with van der Waals surface area (Å²) in [5.74, 6) is -2.46. The molecule has 0 amide bonds. The summed E-state index contributed by atoms with van der Waals surface area (Å²) in [6, 6.07) is 12.2. The van der Waals surface area contributed by atoms with Gasteiger partial charge in [-0.1, -0.05) is 36.4 Å². The number of hydrogen-bond acceptors (Lipinski definition) is 4. The summed E-state index contributed by atoms with van der Waals surface area (Å²) in [4.78, 5) is 23.5. The number of carbonyl (C=O) groups is 2. The average molecular weight is 345 g/mol. The van der Waals surface area contributed by atoms with Crippen LogP contribution >= 0.6 is 0 Å². The molecule has 6 heteroatoms. The third-order valence-corrected chi connectivity index (χ3v) is 4.24. The van der Waals surface area contributed by atoms with Crippen molar-refractivity contribution in [2.75, 3.05) is 6.61 Å². The maximum atomic E-state index is 13.3. The van der Waals surface area contributed by atoms with Crippen LogP contribution in [-0.2, 0) is 16.0 Å². The molecule has 0 saturated carbocycles. The Morgan fingerprint density at radius 1 is 1.16 bits per heavy atom. The number of benzene rings is 2. The van der Waals surface area contributed by atoms with Crippen LogP contribution < -0.4 is 5.73 Å². The number of nitrogens with two attached hydrogens (primary N) is 1. The number of aliphatic hydroxyl groups is 1. The molecular weight excluding hydrogens is 325 g/mol. The predicted octanol–water partition coefficient (Wildman–Crippen LogP) is 2.01. The van der Waals surface area contributed by atoms with Gasteiger partial charge in [-0.25, -0.2) is 4.39 Å². The molecule has 0 aliphatic rings. The van der Waals surface area contributed by atoms with Crippen LogP contribution in [0.4, 0.5) is 4.39 Å². The molecule has 2 aromatic rings. The molecule has 4 N–H and O–H groups in total. The van der Waals surface area contributed by atoms with E-state index < -0.39 is 29.8 Å². The van der Waals surface area contributed by atoms with Crippen LogP contribution in [0, 0.1) is 11.2 Å². The van der Waals surface area contributed by atoms with Crippen molar-refractivity contribution in [3.8, 4) is 11.1 Å². The van der Waals surface area contributed by atoms with Crippen molar-refractivity contribution in [1.29, 1.82) is 0 Å². The van der Waals surface area contributed by atoms with E-state index in [1.165, 1.54) is 12.1 Å². The predicted molar refractivity (Wildman–Crippen MR) is 91.4 cm³/mol. The van der Waals surface area contributed by atoms with E-state index in [1.54, 1.807) is 36.4 Å². The molecule has 0 fully saturated rings. The highest BCUT2D eigenvalue weighted by Crippen LogP contribution is 2.23. The Bertz CT molecular complexity index is 775. The Balaban J connectivity index is 2.13. The average Bonchev–Trinajstić information content (AvgIpc) is 2.60. The third kappa shape index (κ3) is 4.10. The smallest absolute Gasteiger partial charge is 0.319 e. The number of hydrogen-bond donors (Lipinski definition) is 3. The highest BCUT2D eigenvalue weighted by atomic mass is 19.1. The maximum absolute atomic E-state index is 13.3. The van der Waals surface area contributed by atoms with Crippen LogP contribution in [0.1, 0.15) is 12.5 Å². The summed E-state index contributed by atoms with van der Waals surface area (Å²) < 4.78 is 13.3. The van der Waals surface area contributed by atoms with Gasteiger partial charge in [0.25, 0.3) is 0 Å². The standard InChI is InChI=1S/C19H20FNO4/c1-19(11-22,18(24)25)17(23)16(21)9-12-5-7-13(8-6-12)14-3-2-4-15(20)10-14/h2-8,10,16,22H,9,11,21H2,1H3,(H,24,25)/t16-,19-/m1/s1. The number of carboxylic acids is 1. The van der Waals surface area contributed by atoms with Crippen molar-refractivity contribution in [3.63, 3.8) is 0 Å². The molecule has 0 bridgehead atoms. The van der Waals surface area contributed by atoms with Crippen LogP contribution in [0.15, 0.2) is 48.5 Å². The van der Waals surface area contributed by atoms with Crippen LogP contribution in [0.25, 0.3) is 11.1 Å². The van der Waals surface area contributed by atoms with Crippen molar-refractivity contribution < 1.29 is 24.2 Å². The number of aliphatic carboxylic acids is 1. The molecule has 0 heterocycles. The molecule has 5 nitrogen and oxygen atoms in total. The lowest BCUT2D eigenvalue weighted by molar-refractivity contribution is -0.156. The number of halogens is 1. The molecule has 0 unspecified atom stereocenters. The largest absolute Gasteiger partial charge is 0.480 e. The van der Waals surface area contributed by atoms with Crippen molar-refractivity contribution in [2.24, 2.45) is 11.1 Å². The zero-order valence-electron chi connectivity index (χ0n) is 13.8. The minimum absolute atomic E-state index is 0.144. The van der Waals surface area contributed by atoms with Gasteiger partial charge in [0, 0.05) is 0 Å². The molecule has 0 aliphatic heterocycles. The topological polar surface area (TPSA) is 101 Å². The second-order valence-corrected chi connectivity index (χ2v) is 6.18. The first-order chi connectivity index (χ1) is 11.8. The molecular formula is C19H20FNO4. The van der Waals surface area contributed by atoms with Gasteiger partial charge in [-0.15, -0.1) is 0 Å². The van der Waals surface area contributed by atoms with E-state index in [1.807, 2.05) is 0 Å². The van der Waals surface area contributed by atoms with Crippen LogP contribution in [0.3, 0.4) is 0 Å². The molecule has 0 radical (unpaired) electrons. The first-order valence-corrected chi connectivity index (χ1v) is 7.77. The van der Waals surface area contributed by atoms with Gasteiger partial charge in [-0.2, -0.15) is 0 Å². The maximum Gasteiger partial charge on any atom is 0.319 e. The fourth-order valence-electron chi connectivity index (χ4n) is 2.51. The SMILES string of the molecule is C[C@](CO)(C(=O)O)C(=O)[C@H](N)Cc1ccc(-c2cccc(F)c2)cc1. The lowest BCUT2D eigenvalue weighted by atomic mass is 9.81. The Labute approximate surface area is 144 Å². The van der Waals surface area contributed by atoms with Gasteiger partial charge < -0.3 is 15.9 Å². The van der Waals surface area contributed by atoms with Crippen molar-refractivity contribution in [2.45, 2.75) is 19.4 Å². The minimum Gasteiger partial charge on any atom is -0.480 e. The summed E-state index contributed by atoms with van der Waals surface area (Å²) in [7, 11) is 0. The number of ketones is 1. The van der Waals surface area contributed by atoms with Gasteiger partial charge in [0.2, 0.25) is 0 Å². The Hall–Kier alpha value is -2.57. The second kappa shape index (κ2) is 7.55. The summed E-state index contributed by atoms with van der Waals surface area (Å²) in [6.45, 7) is 0.345. The van der Waals surface area contributed by atoms with E-state index in [9.17, 15) is 19.1 Å². The number of rotatable bonds is 7. The van der Waals surface area contributed by atoms with Gasteiger partial charge in [0.15, 0.2) is 5.78 Å². The highest BCUT2D eigenvalue weighted by molar-refractivity contribution is 6.05. The molecule has 2 rings (SSSR count). The number of carboxylic acid groups (broad SMARTS) is 1. The molecule has 0 saturated heterocycles. The zero-order valence-corrected chi connectivity index (χ0v) is 13.8. The van der Waals surface area contributed by atoms with Gasteiger partial charge in [-0.05, 0) is 42.2 Å². The van der Waals surface area contributed by atoms with Crippen molar-refractivity contribution in [3.05, 3.63) is 59.9 Å². The summed E-state index contributed by atoms with van der Waals surface area (Å²) in [5.41, 5.74) is 6.21. The number of carbonyl (C=O) groups excluding carboxylic acids is 1. The number of aliphatic hydroxyl groups excluding tert-OH is 1. The number of Topliss-reactive ketones (excluding diaryl/α,β-unsaturated/α-hetero) is 1. The second-order valence-electron chi connectivity index (χ2n) is 6.18. The fourth-order valence-corrected chi connectivity index (χ4v) is 2.51. The van der Waals surface area contributed by atoms with E-state index in [0.717, 1.165) is 23.6 Å². The van der Waals surface area contributed by atoms with E-state index >= 15 is 0 Å². The molecule has 0 spiro atoms. The van der Waals surface area contributed by atoms with E-state index in [-0.39, 0.29) is 12.2 Å². The molecule has 0 aliphatic carbocycles. The van der Waals surface area contributed by atoms with Gasteiger partial charge in [0.1, 0.15) is 11.2 Å². The molecule has 132 valence electrons. The van der Waals surface area contributed by atoms with Gasteiger partial charge in [0.05, 0.1) is 12.6 Å². The molecule has 25 heavy (non-hydrogen) atoms. The first-order valence-electron chi connectivity index (χ1n) is 7.77. The van der Waals surface area contributed by atoms with Crippen LogP contribution in [-0.4, -0.2) is 34.6 Å². The summed E-state index contributed by atoms with van der Waals surface area (Å²) in [5, 5.41) is 18.4.